The number of halogens is 1. The number of amidine groups is 1. The normalized spacial score (nSPS) is 21.9. The van der Waals surface area contributed by atoms with Gasteiger partial charge in [-0.1, -0.05) is 11.6 Å². The van der Waals surface area contributed by atoms with Gasteiger partial charge in [-0.3, -0.25) is 19.8 Å². The molecular weight excluding hydrogens is 288 g/mol. The summed E-state index contributed by atoms with van der Waals surface area (Å²) in [5.41, 5.74) is 2.11. The second-order valence-electron chi connectivity index (χ2n) is 4.93. The van der Waals surface area contributed by atoms with Crippen molar-refractivity contribution in [3.63, 3.8) is 0 Å². The highest BCUT2D eigenvalue weighted by atomic mass is 35.5. The van der Waals surface area contributed by atoms with Crippen LogP contribution < -0.4 is 5.32 Å². The molecule has 0 bridgehead atoms. The van der Waals surface area contributed by atoms with Gasteiger partial charge in [0.2, 0.25) is 5.91 Å². The lowest BCUT2D eigenvalue weighted by Crippen LogP contribution is -2.31. The zero-order chi connectivity index (χ0) is 15.4. The Hall–Kier alpha value is -2.01. The molecular formula is C15H17ClN4O. The molecule has 2 atom stereocenters. The topological polar surface area (TPSA) is 66.7 Å². The van der Waals surface area contributed by atoms with E-state index in [4.69, 9.17) is 11.6 Å². The lowest BCUT2D eigenvalue weighted by Gasteiger charge is -2.05. The summed E-state index contributed by atoms with van der Waals surface area (Å²) in [6, 6.07) is 3.96. The van der Waals surface area contributed by atoms with Crippen LogP contribution in [0.1, 0.15) is 23.6 Å². The number of rotatable bonds is 4. The van der Waals surface area contributed by atoms with Crippen LogP contribution in [-0.2, 0) is 4.79 Å². The Balaban J connectivity index is 1.99. The Kier molecular flexibility index (Phi) is 4.85. The first-order chi connectivity index (χ1) is 10.0. The Labute approximate surface area is 128 Å². The minimum absolute atomic E-state index is 0.0695. The number of carbonyl (C=O) groups excluding carboxylic acids is 1. The van der Waals surface area contributed by atoms with Crippen LogP contribution >= 0.6 is 11.6 Å². The Morgan fingerprint density at radius 1 is 1.62 bits per heavy atom. The molecule has 2 rings (SSSR count). The van der Waals surface area contributed by atoms with E-state index in [0.29, 0.717) is 5.84 Å². The van der Waals surface area contributed by atoms with Crippen molar-refractivity contribution in [1.82, 2.24) is 10.3 Å². The minimum atomic E-state index is -0.0753. The monoisotopic (exact) mass is 304 g/mol. The van der Waals surface area contributed by atoms with E-state index >= 15 is 0 Å². The fourth-order valence-electron chi connectivity index (χ4n) is 2.11. The molecule has 0 radical (unpaired) electrons. The smallest absolute Gasteiger partial charge is 0.229 e. The molecule has 1 N–H and O–H groups in total. The molecule has 1 fully saturated rings. The first-order valence-electron chi connectivity index (χ1n) is 6.59. The molecule has 6 heteroatoms. The van der Waals surface area contributed by atoms with Gasteiger partial charge in [0.1, 0.15) is 11.0 Å². The number of aromatic nitrogens is 1. The molecule has 1 aromatic heterocycles. The van der Waals surface area contributed by atoms with Gasteiger partial charge in [0.15, 0.2) is 0 Å². The molecule has 5 nitrogen and oxygen atoms in total. The number of carbonyl (C=O) groups is 1. The summed E-state index contributed by atoms with van der Waals surface area (Å²) < 4.78 is 0. The number of amides is 1. The number of aliphatic imine (C=N–C) groups is 2. The zero-order valence-electron chi connectivity index (χ0n) is 12.0. The maximum Gasteiger partial charge on any atom is 0.229 e. The minimum Gasteiger partial charge on any atom is -0.311 e. The first kappa shape index (κ1) is 15.4. The van der Waals surface area contributed by atoms with Crippen molar-refractivity contribution in [3.8, 4) is 0 Å². The van der Waals surface area contributed by atoms with Crippen molar-refractivity contribution in [2.45, 2.75) is 19.3 Å². The molecule has 0 saturated heterocycles. The van der Waals surface area contributed by atoms with Crippen molar-refractivity contribution in [2.24, 2.45) is 15.9 Å². The van der Waals surface area contributed by atoms with Crippen LogP contribution in [0.2, 0.25) is 0 Å². The molecule has 1 amide bonds. The number of hydrogen-bond acceptors (Lipinski definition) is 4. The van der Waals surface area contributed by atoms with Gasteiger partial charge in [-0.25, -0.2) is 0 Å². The zero-order valence-corrected chi connectivity index (χ0v) is 12.8. The quantitative estimate of drug-likeness (QED) is 0.527. The average Bonchev–Trinajstić information content (AvgIpc) is 3.26. The van der Waals surface area contributed by atoms with E-state index in [0.717, 1.165) is 17.7 Å². The van der Waals surface area contributed by atoms with E-state index < -0.39 is 0 Å². The summed E-state index contributed by atoms with van der Waals surface area (Å²) in [5, 5.41) is 2.93. The molecule has 0 spiro atoms. The largest absolute Gasteiger partial charge is 0.311 e. The van der Waals surface area contributed by atoms with E-state index in [1.54, 1.807) is 13.2 Å². The van der Waals surface area contributed by atoms with Crippen LogP contribution in [0.3, 0.4) is 0 Å². The lowest BCUT2D eigenvalue weighted by atomic mass is 10.1. The molecule has 110 valence electrons. The number of nitrogens with zero attached hydrogens (tertiary/aromatic N) is 3. The van der Waals surface area contributed by atoms with Gasteiger partial charge in [-0.15, -0.1) is 0 Å². The van der Waals surface area contributed by atoms with Gasteiger partial charge in [-0.2, -0.15) is 0 Å². The van der Waals surface area contributed by atoms with E-state index in [1.165, 1.54) is 6.08 Å². The summed E-state index contributed by atoms with van der Waals surface area (Å²) >= 11 is 5.75. The maximum atomic E-state index is 12.2. The second-order valence-corrected chi connectivity index (χ2v) is 5.32. The van der Waals surface area contributed by atoms with Crippen LogP contribution in [0.15, 0.2) is 39.5 Å². The molecule has 0 unspecified atom stereocenters. The molecule has 1 aliphatic rings. The summed E-state index contributed by atoms with van der Waals surface area (Å²) in [6.45, 7) is 5.32. The standard InChI is InChI=1S/C15H17ClN4O/c1-9-4-5-19-12(6-9)10-7-11(10)15(21)20-14(18-3)8-13(16)17-2/h4-6,8,10-11H,2,7H2,1,3H3,(H,18,20,21)/b13-8-/t10-,11-/m0/s1. The number of aryl methyl sites for hydroxylation is 1. The third-order valence-corrected chi connectivity index (χ3v) is 3.57. The SMILES string of the molecule is C=N/C(Cl)=C\C(=N/C)NC(=O)[C@H]1C[C@@H]1c1cc(C)ccn1. The van der Waals surface area contributed by atoms with Crippen molar-refractivity contribution >= 4 is 30.1 Å². The van der Waals surface area contributed by atoms with Gasteiger partial charge >= 0.3 is 0 Å². The highest BCUT2D eigenvalue weighted by Gasteiger charge is 2.45. The number of pyridine rings is 1. The lowest BCUT2D eigenvalue weighted by molar-refractivity contribution is -0.120. The van der Waals surface area contributed by atoms with Crippen LogP contribution in [0, 0.1) is 12.8 Å². The highest BCUT2D eigenvalue weighted by molar-refractivity contribution is 6.31. The van der Waals surface area contributed by atoms with E-state index in [1.807, 2.05) is 19.1 Å². The van der Waals surface area contributed by atoms with Crippen LogP contribution in [0.4, 0.5) is 0 Å². The number of nitrogens with one attached hydrogen (secondary N) is 1. The van der Waals surface area contributed by atoms with Crippen LogP contribution in [0.5, 0.6) is 0 Å². The van der Waals surface area contributed by atoms with Gasteiger partial charge in [-0.05, 0) is 37.8 Å². The summed E-state index contributed by atoms with van der Waals surface area (Å²) in [7, 11) is 1.58. The van der Waals surface area contributed by atoms with Crippen molar-refractivity contribution in [2.75, 3.05) is 7.05 Å². The van der Waals surface area contributed by atoms with Gasteiger partial charge in [0.05, 0.1) is 0 Å². The third kappa shape index (κ3) is 3.98. The molecule has 21 heavy (non-hydrogen) atoms. The van der Waals surface area contributed by atoms with Crippen molar-refractivity contribution in [1.29, 1.82) is 0 Å². The van der Waals surface area contributed by atoms with E-state index in [-0.39, 0.29) is 22.9 Å². The van der Waals surface area contributed by atoms with E-state index in [9.17, 15) is 4.79 Å². The maximum absolute atomic E-state index is 12.2. The molecule has 0 aromatic carbocycles. The molecule has 1 aromatic rings. The van der Waals surface area contributed by atoms with Crippen LogP contribution in [0.25, 0.3) is 0 Å². The molecule has 1 aliphatic carbocycles. The Morgan fingerprint density at radius 3 is 3.00 bits per heavy atom. The highest BCUT2D eigenvalue weighted by Crippen LogP contribution is 2.46. The van der Waals surface area contributed by atoms with Gasteiger partial charge in [0.25, 0.3) is 0 Å². The predicted molar refractivity (Wildman–Crippen MR) is 84.8 cm³/mol. The second kappa shape index (κ2) is 6.63. The fourth-order valence-corrected chi connectivity index (χ4v) is 2.21. The van der Waals surface area contributed by atoms with E-state index in [2.05, 4.69) is 27.0 Å². The number of hydrogen-bond donors (Lipinski definition) is 1. The summed E-state index contributed by atoms with van der Waals surface area (Å²) in [4.78, 5) is 24.0. The predicted octanol–water partition coefficient (Wildman–Crippen LogP) is 2.42. The van der Waals surface area contributed by atoms with Gasteiger partial charge < -0.3 is 5.32 Å². The molecule has 1 heterocycles. The fraction of sp³-hybridized carbons (Fsp3) is 0.333. The first-order valence-corrected chi connectivity index (χ1v) is 6.97. The van der Waals surface area contributed by atoms with Crippen molar-refractivity contribution < 1.29 is 4.79 Å². The van der Waals surface area contributed by atoms with Gasteiger partial charge in [0, 0.05) is 36.9 Å². The van der Waals surface area contributed by atoms with Crippen LogP contribution in [-0.4, -0.2) is 30.5 Å². The van der Waals surface area contributed by atoms with Crippen molar-refractivity contribution in [3.05, 3.63) is 40.8 Å². The molecule has 0 aliphatic heterocycles. The third-order valence-electron chi connectivity index (χ3n) is 3.34. The molecule has 1 saturated carbocycles. The average molecular weight is 305 g/mol. The Bertz CT molecular complexity index is 624. The summed E-state index contributed by atoms with van der Waals surface area (Å²) in [5.74, 6) is 0.411. The Morgan fingerprint density at radius 2 is 2.38 bits per heavy atom. The summed E-state index contributed by atoms with van der Waals surface area (Å²) in [6.07, 6.45) is 4.04.